The largest absolute Gasteiger partial charge is 1.00 e. The van der Waals surface area contributed by atoms with E-state index in [1.165, 1.54) is 70.6 Å². The third-order valence-corrected chi connectivity index (χ3v) is 3.48. The van der Waals surface area contributed by atoms with Crippen LogP contribution in [-0.4, -0.2) is 5.97 Å². The summed E-state index contributed by atoms with van der Waals surface area (Å²) in [6.45, 7) is 2.26. The normalized spacial score (nSPS) is 10.2. The van der Waals surface area contributed by atoms with Crippen molar-refractivity contribution in [1.29, 1.82) is 0 Å². The summed E-state index contributed by atoms with van der Waals surface area (Å²) >= 11 is 0. The molecule has 0 aliphatic carbocycles. The van der Waals surface area contributed by atoms with Crippen LogP contribution in [0.25, 0.3) is 0 Å². The van der Waals surface area contributed by atoms with Gasteiger partial charge in [-0.2, -0.15) is 0 Å². The number of hydrogen-bond donors (Lipinski definition) is 0. The molecule has 0 saturated heterocycles. The second-order valence-electron chi connectivity index (χ2n) is 5.36. The molecule has 0 atom stereocenters. The molecule has 0 spiro atoms. The first kappa shape index (κ1) is 22.4. The smallest absolute Gasteiger partial charge is 0.550 e. The monoisotopic (exact) mass is 295 g/mol. The molecule has 0 heterocycles. The number of aliphatic carboxylic acids is 1. The van der Waals surface area contributed by atoms with Gasteiger partial charge < -0.3 is 9.90 Å². The van der Waals surface area contributed by atoms with Crippen molar-refractivity contribution in [1.82, 2.24) is 0 Å². The Hall–Kier alpha value is 1.11. The van der Waals surface area contributed by atoms with Gasteiger partial charge in [0.05, 0.1) is 0 Å². The second-order valence-corrected chi connectivity index (χ2v) is 5.36. The third kappa shape index (κ3) is 21.6. The minimum absolute atomic E-state index is 0. The van der Waals surface area contributed by atoms with E-state index in [4.69, 9.17) is 0 Å². The quantitative estimate of drug-likeness (QED) is 0.275. The predicted molar refractivity (Wildman–Crippen MR) is 75.3 cm³/mol. The van der Waals surface area contributed by atoms with Crippen LogP contribution in [0.1, 0.15) is 96.8 Å². The average Bonchev–Trinajstić information content (AvgIpc) is 2.34. The first-order chi connectivity index (χ1) is 8.77. The Morgan fingerprint density at radius 3 is 1.32 bits per heavy atom. The van der Waals surface area contributed by atoms with Gasteiger partial charge in [-0.15, -0.1) is 0 Å². The van der Waals surface area contributed by atoms with Crippen LogP contribution in [0.3, 0.4) is 0 Å². The van der Waals surface area contributed by atoms with Crippen molar-refractivity contribution in [3.63, 3.8) is 0 Å². The first-order valence-corrected chi connectivity index (χ1v) is 7.97. The number of carbonyl (C=O) groups excluding carboxylic acids is 1. The Labute approximate surface area is 162 Å². The Bertz CT molecular complexity index is 184. The van der Waals surface area contributed by atoms with E-state index in [9.17, 15) is 9.90 Å². The van der Waals surface area contributed by atoms with E-state index in [2.05, 4.69) is 6.92 Å². The van der Waals surface area contributed by atoms with Gasteiger partial charge in [-0.05, 0) is 12.8 Å². The number of unbranched alkanes of at least 4 members (excludes halogenated alkanes) is 12. The topological polar surface area (TPSA) is 40.1 Å². The molecule has 108 valence electrons. The number of carboxylic acids is 1. The molecule has 0 saturated carbocycles. The van der Waals surface area contributed by atoms with E-state index in [0.29, 0.717) is 0 Å². The maximum Gasteiger partial charge on any atom is 1.00 e. The molecule has 0 rings (SSSR count). The Morgan fingerprint density at radius 2 is 1.00 bits per heavy atom. The summed E-state index contributed by atoms with van der Waals surface area (Å²) in [4.78, 5) is 10.2. The molecule has 0 N–H and O–H groups in total. The van der Waals surface area contributed by atoms with Crippen LogP contribution >= 0.6 is 0 Å². The second kappa shape index (κ2) is 19.1. The van der Waals surface area contributed by atoms with Gasteiger partial charge >= 0.3 is 51.4 Å². The van der Waals surface area contributed by atoms with Gasteiger partial charge in [-0.1, -0.05) is 84.0 Å². The van der Waals surface area contributed by atoms with Crippen LogP contribution in [0.4, 0.5) is 0 Å². The Morgan fingerprint density at radius 1 is 0.684 bits per heavy atom. The van der Waals surface area contributed by atoms with E-state index in [-0.39, 0.29) is 57.8 Å². The van der Waals surface area contributed by atoms with E-state index >= 15 is 0 Å². The van der Waals surface area contributed by atoms with Crippen molar-refractivity contribution in [2.75, 3.05) is 0 Å². The van der Waals surface area contributed by atoms with Crippen LogP contribution < -0.4 is 56.5 Å². The molecule has 0 aromatic carbocycles. The Balaban J connectivity index is 0. The summed E-state index contributed by atoms with van der Waals surface area (Å²) in [7, 11) is 0. The van der Waals surface area contributed by atoms with Gasteiger partial charge in [0.1, 0.15) is 0 Å². The molecular weight excluding hydrogens is 264 g/mol. The Kier molecular flexibility index (Phi) is 22.5. The molecule has 2 nitrogen and oxygen atoms in total. The van der Waals surface area contributed by atoms with E-state index in [1.807, 2.05) is 0 Å². The van der Waals surface area contributed by atoms with E-state index in [0.717, 1.165) is 12.8 Å². The minimum Gasteiger partial charge on any atom is -0.550 e. The summed E-state index contributed by atoms with van der Waals surface area (Å²) in [5.41, 5.74) is 0. The van der Waals surface area contributed by atoms with Crippen molar-refractivity contribution in [3.05, 3.63) is 0 Å². The zero-order valence-corrected chi connectivity index (χ0v) is 16.3. The van der Waals surface area contributed by atoms with Crippen molar-refractivity contribution in [2.45, 2.75) is 96.8 Å². The molecule has 0 fully saturated rings. The van der Waals surface area contributed by atoms with Crippen LogP contribution in [0.5, 0.6) is 0 Å². The number of carboxylic acid groups (broad SMARTS) is 1. The van der Waals surface area contributed by atoms with E-state index in [1.54, 1.807) is 0 Å². The molecule has 0 amide bonds. The number of hydrogen-bond acceptors (Lipinski definition) is 2. The summed E-state index contributed by atoms with van der Waals surface area (Å²) in [6, 6.07) is 0. The van der Waals surface area contributed by atoms with Crippen LogP contribution in [0, 0.1) is 0 Å². The maximum atomic E-state index is 10.2. The molecule has 19 heavy (non-hydrogen) atoms. The van der Waals surface area contributed by atoms with Gasteiger partial charge in [-0.3, -0.25) is 0 Å². The summed E-state index contributed by atoms with van der Waals surface area (Å²) in [5, 5.41) is 10.2. The van der Waals surface area contributed by atoms with Crippen LogP contribution in [-0.2, 0) is 4.79 Å². The fourth-order valence-corrected chi connectivity index (χ4v) is 2.29. The third-order valence-electron chi connectivity index (χ3n) is 3.48. The summed E-state index contributed by atoms with van der Waals surface area (Å²) in [5.74, 6) is -0.905. The molecule has 3 heteroatoms. The fraction of sp³-hybridized carbons (Fsp3) is 0.938. The SMILES string of the molecule is [13CH3]CCCCCCCCCCCCCCC(=O)[O-].[K+]. The van der Waals surface area contributed by atoms with Crippen molar-refractivity contribution in [3.8, 4) is 0 Å². The molecule has 0 aliphatic rings. The molecule has 0 aromatic heterocycles. The predicted octanol–water partition coefficient (Wildman–Crippen LogP) is 1.22. The van der Waals surface area contributed by atoms with Crippen molar-refractivity contribution >= 4 is 5.97 Å². The molecule has 0 radical (unpaired) electrons. The van der Waals surface area contributed by atoms with Crippen LogP contribution in [0.15, 0.2) is 0 Å². The first-order valence-electron chi connectivity index (χ1n) is 7.97. The molecular formula is C16H31KO2. The molecule has 0 aromatic rings. The van der Waals surface area contributed by atoms with E-state index < -0.39 is 5.97 Å². The maximum absolute atomic E-state index is 10.2. The minimum atomic E-state index is -0.905. The van der Waals surface area contributed by atoms with Crippen molar-refractivity contribution < 1.29 is 61.3 Å². The zero-order valence-electron chi connectivity index (χ0n) is 13.2. The fourth-order valence-electron chi connectivity index (χ4n) is 2.29. The van der Waals surface area contributed by atoms with Gasteiger partial charge in [0, 0.05) is 5.97 Å². The van der Waals surface area contributed by atoms with Crippen LogP contribution in [0.2, 0.25) is 0 Å². The zero-order chi connectivity index (χ0) is 13.5. The summed E-state index contributed by atoms with van der Waals surface area (Å²) in [6.07, 6.45) is 16.9. The molecule has 0 bridgehead atoms. The summed E-state index contributed by atoms with van der Waals surface area (Å²) < 4.78 is 0. The van der Waals surface area contributed by atoms with Gasteiger partial charge in [0.15, 0.2) is 0 Å². The average molecular weight is 296 g/mol. The molecule has 0 aliphatic heterocycles. The van der Waals surface area contributed by atoms with Crippen molar-refractivity contribution in [2.24, 2.45) is 0 Å². The standard InChI is InChI=1S/C16H32O2.K/c1-2-3-4-5-6-7-8-9-10-11-12-13-14-15-16(17)18;/h2-15H2,1H3,(H,17,18);/q;+1/p-1/i1+1;. The number of rotatable bonds is 14. The van der Waals surface area contributed by atoms with Gasteiger partial charge in [0.2, 0.25) is 0 Å². The van der Waals surface area contributed by atoms with Gasteiger partial charge in [0.25, 0.3) is 0 Å². The molecule has 0 unspecified atom stereocenters. The number of carbonyl (C=O) groups is 1. The van der Waals surface area contributed by atoms with Gasteiger partial charge in [-0.25, -0.2) is 0 Å².